The van der Waals surface area contributed by atoms with E-state index in [-0.39, 0.29) is 24.1 Å². The monoisotopic (exact) mass is 347 g/mol. The van der Waals surface area contributed by atoms with E-state index in [9.17, 15) is 9.59 Å². The molecule has 3 N–H and O–H groups in total. The zero-order valence-electron chi connectivity index (χ0n) is 15.0. The van der Waals surface area contributed by atoms with Crippen LogP contribution in [0.1, 0.15) is 63.9 Å². The second-order valence-electron chi connectivity index (χ2n) is 6.03. The molecule has 0 aliphatic heterocycles. The van der Waals surface area contributed by atoms with Crippen molar-refractivity contribution in [2.75, 3.05) is 6.54 Å². The number of carbonyl (C=O) groups is 2. The van der Waals surface area contributed by atoms with Crippen LogP contribution in [0.3, 0.4) is 0 Å². The van der Waals surface area contributed by atoms with Gasteiger partial charge in [-0.25, -0.2) is 5.43 Å². The van der Waals surface area contributed by atoms with Crippen molar-refractivity contribution < 1.29 is 14.7 Å². The fraction of sp³-hybridized carbons (Fsp3) is 0.526. The van der Waals surface area contributed by atoms with Gasteiger partial charge in [-0.1, -0.05) is 45.4 Å². The van der Waals surface area contributed by atoms with Crippen LogP contribution in [0.4, 0.5) is 0 Å². The van der Waals surface area contributed by atoms with Crippen LogP contribution < -0.4 is 10.7 Å². The van der Waals surface area contributed by atoms with E-state index in [2.05, 4.69) is 22.8 Å². The number of hydrogen-bond acceptors (Lipinski definition) is 4. The molecule has 0 heterocycles. The Morgan fingerprint density at radius 3 is 2.32 bits per heavy atom. The summed E-state index contributed by atoms with van der Waals surface area (Å²) in [5.41, 5.74) is 3.10. The summed E-state index contributed by atoms with van der Waals surface area (Å²) in [5.74, 6) is -0.306. The zero-order chi connectivity index (χ0) is 18.3. The zero-order valence-corrected chi connectivity index (χ0v) is 15.0. The third-order valence-corrected chi connectivity index (χ3v) is 3.75. The number of phenols is 1. The molecule has 0 aliphatic rings. The summed E-state index contributed by atoms with van der Waals surface area (Å²) < 4.78 is 0. The van der Waals surface area contributed by atoms with Crippen LogP contribution in [0.25, 0.3) is 0 Å². The Hall–Kier alpha value is -2.37. The van der Waals surface area contributed by atoms with E-state index in [0.29, 0.717) is 6.42 Å². The molecule has 0 saturated carbocycles. The molecule has 25 heavy (non-hydrogen) atoms. The molecule has 0 fully saturated rings. The third-order valence-electron chi connectivity index (χ3n) is 3.75. The lowest BCUT2D eigenvalue weighted by Gasteiger charge is -2.04. The number of amides is 2. The summed E-state index contributed by atoms with van der Waals surface area (Å²) in [7, 11) is 0. The lowest BCUT2D eigenvalue weighted by molar-refractivity contribution is -0.126. The second kappa shape index (κ2) is 13.0. The van der Waals surface area contributed by atoms with Crippen molar-refractivity contribution in [3.05, 3.63) is 29.8 Å². The highest BCUT2D eigenvalue weighted by Gasteiger charge is 2.04. The van der Waals surface area contributed by atoms with Crippen molar-refractivity contribution in [1.82, 2.24) is 10.7 Å². The number of rotatable bonds is 12. The number of hydrogen-bond donors (Lipinski definition) is 3. The molecule has 1 aromatic carbocycles. The molecule has 2 amide bonds. The molecule has 6 heteroatoms. The van der Waals surface area contributed by atoms with Crippen molar-refractivity contribution in [3.63, 3.8) is 0 Å². The Bertz CT molecular complexity index is 541. The van der Waals surface area contributed by atoms with E-state index < -0.39 is 0 Å². The standard InChI is InChI=1S/C19H29N3O3/c1-2-3-4-5-6-7-8-9-18(24)20-15-19(25)22-21-14-16-10-12-17(23)13-11-16/h10-14,23H,2-9,15H2,1H3,(H,20,24)(H,22,25)/b21-14-. The van der Waals surface area contributed by atoms with Crippen molar-refractivity contribution in [3.8, 4) is 5.75 Å². The minimum absolute atomic E-state index is 0.0811. The quantitative estimate of drug-likeness (QED) is 0.308. The Balaban J connectivity index is 2.06. The maximum Gasteiger partial charge on any atom is 0.259 e. The van der Waals surface area contributed by atoms with Crippen LogP contribution in [-0.2, 0) is 9.59 Å². The number of nitrogens with zero attached hydrogens (tertiary/aromatic N) is 1. The van der Waals surface area contributed by atoms with Gasteiger partial charge in [0.1, 0.15) is 5.75 Å². The molecule has 138 valence electrons. The normalized spacial score (nSPS) is 10.8. The molecule has 0 atom stereocenters. The van der Waals surface area contributed by atoms with Gasteiger partial charge in [0.05, 0.1) is 12.8 Å². The lowest BCUT2D eigenvalue weighted by Crippen LogP contribution is -2.34. The average molecular weight is 347 g/mol. The second-order valence-corrected chi connectivity index (χ2v) is 6.03. The third kappa shape index (κ3) is 10.9. The van der Waals surface area contributed by atoms with Gasteiger partial charge in [0.25, 0.3) is 5.91 Å². The first-order chi connectivity index (χ1) is 12.1. The van der Waals surface area contributed by atoms with Gasteiger partial charge < -0.3 is 10.4 Å². The van der Waals surface area contributed by atoms with E-state index in [1.807, 2.05) is 0 Å². The van der Waals surface area contributed by atoms with E-state index in [4.69, 9.17) is 5.11 Å². The van der Waals surface area contributed by atoms with Gasteiger partial charge in [0, 0.05) is 6.42 Å². The first kappa shape index (κ1) is 20.7. The maximum absolute atomic E-state index is 11.7. The Morgan fingerprint density at radius 1 is 1.00 bits per heavy atom. The van der Waals surface area contributed by atoms with Crippen molar-refractivity contribution in [2.24, 2.45) is 5.10 Å². The molecule has 0 bridgehead atoms. The minimum Gasteiger partial charge on any atom is -0.508 e. The molecule has 0 aromatic heterocycles. The summed E-state index contributed by atoms with van der Waals surface area (Å²) in [5, 5.41) is 15.6. The van der Waals surface area contributed by atoms with E-state index in [1.54, 1.807) is 12.1 Å². The van der Waals surface area contributed by atoms with Crippen LogP contribution in [0.5, 0.6) is 5.75 Å². The van der Waals surface area contributed by atoms with Gasteiger partial charge in [-0.3, -0.25) is 9.59 Å². The van der Waals surface area contributed by atoms with Gasteiger partial charge >= 0.3 is 0 Å². The SMILES string of the molecule is CCCCCCCCCC(=O)NCC(=O)N/N=C\c1ccc(O)cc1. The lowest BCUT2D eigenvalue weighted by atomic mass is 10.1. The topological polar surface area (TPSA) is 90.8 Å². The molecule has 0 radical (unpaired) electrons. The minimum atomic E-state index is -0.372. The van der Waals surface area contributed by atoms with Crippen LogP contribution in [-0.4, -0.2) is 29.7 Å². The van der Waals surface area contributed by atoms with Crippen molar-refractivity contribution >= 4 is 18.0 Å². The predicted molar refractivity (Wildman–Crippen MR) is 99.5 cm³/mol. The number of aromatic hydroxyl groups is 1. The molecule has 1 rings (SSSR count). The van der Waals surface area contributed by atoms with Crippen molar-refractivity contribution in [2.45, 2.75) is 58.3 Å². The fourth-order valence-corrected chi connectivity index (χ4v) is 2.29. The molecule has 0 spiro atoms. The molecule has 0 aliphatic carbocycles. The van der Waals surface area contributed by atoms with E-state index >= 15 is 0 Å². The van der Waals surface area contributed by atoms with Gasteiger partial charge in [0.2, 0.25) is 5.91 Å². The van der Waals surface area contributed by atoms with Crippen LogP contribution in [0, 0.1) is 0 Å². The highest BCUT2D eigenvalue weighted by molar-refractivity contribution is 5.86. The number of carbonyl (C=O) groups excluding carboxylic acids is 2. The number of unbranched alkanes of at least 4 members (excludes halogenated alkanes) is 6. The summed E-state index contributed by atoms with van der Waals surface area (Å²) in [6.07, 6.45) is 10.0. The first-order valence-electron chi connectivity index (χ1n) is 8.99. The molecule has 1 aromatic rings. The Kier molecular flexibility index (Phi) is 10.7. The Labute approximate surface area is 149 Å². The van der Waals surface area contributed by atoms with E-state index in [1.165, 1.54) is 50.5 Å². The number of phenolic OH excluding ortho intramolecular Hbond substituents is 1. The molecular formula is C19H29N3O3. The van der Waals surface area contributed by atoms with Crippen LogP contribution >= 0.6 is 0 Å². The van der Waals surface area contributed by atoms with Crippen LogP contribution in [0.2, 0.25) is 0 Å². The molecule has 6 nitrogen and oxygen atoms in total. The van der Waals surface area contributed by atoms with Gasteiger partial charge in [0.15, 0.2) is 0 Å². The first-order valence-corrected chi connectivity index (χ1v) is 8.99. The smallest absolute Gasteiger partial charge is 0.259 e. The highest BCUT2D eigenvalue weighted by Crippen LogP contribution is 2.08. The van der Waals surface area contributed by atoms with Gasteiger partial charge in [-0.2, -0.15) is 5.10 Å². The molecule has 0 saturated heterocycles. The summed E-state index contributed by atoms with van der Waals surface area (Å²) in [4.78, 5) is 23.2. The van der Waals surface area contributed by atoms with Gasteiger partial charge in [-0.15, -0.1) is 0 Å². The average Bonchev–Trinajstić information content (AvgIpc) is 2.61. The maximum atomic E-state index is 11.7. The van der Waals surface area contributed by atoms with Gasteiger partial charge in [-0.05, 0) is 36.2 Å². The summed E-state index contributed by atoms with van der Waals surface area (Å²) in [6, 6.07) is 6.42. The predicted octanol–water partition coefficient (Wildman–Crippen LogP) is 3.10. The van der Waals surface area contributed by atoms with Crippen molar-refractivity contribution in [1.29, 1.82) is 0 Å². The summed E-state index contributed by atoms with van der Waals surface area (Å²) in [6.45, 7) is 2.11. The summed E-state index contributed by atoms with van der Waals surface area (Å²) >= 11 is 0. The largest absolute Gasteiger partial charge is 0.508 e. The molecule has 0 unspecified atom stereocenters. The van der Waals surface area contributed by atoms with E-state index in [0.717, 1.165) is 18.4 Å². The van der Waals surface area contributed by atoms with Crippen LogP contribution in [0.15, 0.2) is 29.4 Å². The number of benzene rings is 1. The highest BCUT2D eigenvalue weighted by atomic mass is 16.3. The number of nitrogens with one attached hydrogen (secondary N) is 2. The number of hydrazone groups is 1. The fourth-order valence-electron chi connectivity index (χ4n) is 2.29. The Morgan fingerprint density at radius 2 is 1.64 bits per heavy atom. The molecular weight excluding hydrogens is 318 g/mol.